The Morgan fingerprint density at radius 2 is 0.917 bits per heavy atom. The molecule has 2 aliphatic carbocycles. The van der Waals surface area contributed by atoms with Gasteiger partial charge in [0, 0.05) is 114 Å². The van der Waals surface area contributed by atoms with Gasteiger partial charge in [-0.1, -0.05) is 25.7 Å². The molecule has 0 spiro atoms. The molecule has 0 aromatic rings. The van der Waals surface area contributed by atoms with E-state index in [0.29, 0.717) is 0 Å². The standard InChI is InChI=1S/C16H28N2.2CH5N.2Ar/c1-3-7-15-13(5-1)11-17-9-10-18(15)12-14-6-2-4-8-16(14)17;2*1-2;;/h13-16H,1-12H2;2*2H2,1H3;;. The summed E-state index contributed by atoms with van der Waals surface area (Å²) in [5, 5.41) is 0. The summed E-state index contributed by atoms with van der Waals surface area (Å²) in [6, 6.07) is 1.90. The van der Waals surface area contributed by atoms with Gasteiger partial charge in [0.2, 0.25) is 0 Å². The summed E-state index contributed by atoms with van der Waals surface area (Å²) in [7, 11) is 3.00. The van der Waals surface area contributed by atoms with E-state index in [1.807, 2.05) is 0 Å². The molecular formula is C18H38Ar2N4. The van der Waals surface area contributed by atoms with Crippen molar-refractivity contribution in [2.75, 3.05) is 40.3 Å². The van der Waals surface area contributed by atoms with Crippen molar-refractivity contribution in [2.24, 2.45) is 23.3 Å². The zero-order valence-electron chi connectivity index (χ0n) is 15.6. The van der Waals surface area contributed by atoms with Crippen LogP contribution in [0.25, 0.3) is 0 Å². The van der Waals surface area contributed by atoms with Gasteiger partial charge in [-0.25, -0.2) is 0 Å². The van der Waals surface area contributed by atoms with Gasteiger partial charge in [0.1, 0.15) is 0 Å². The maximum atomic E-state index is 4.50. The van der Waals surface area contributed by atoms with E-state index in [1.54, 1.807) is 0 Å². The summed E-state index contributed by atoms with van der Waals surface area (Å²) in [5.74, 6) is 2.01. The van der Waals surface area contributed by atoms with Crippen LogP contribution in [0, 0.1) is 87.3 Å². The Labute approximate surface area is 209 Å². The van der Waals surface area contributed by atoms with E-state index < -0.39 is 0 Å². The van der Waals surface area contributed by atoms with Crippen LogP contribution in [-0.4, -0.2) is 62.2 Å². The Hall–Kier alpha value is 2.36. The van der Waals surface area contributed by atoms with Crippen molar-refractivity contribution < 1.29 is 75.5 Å². The van der Waals surface area contributed by atoms with E-state index in [4.69, 9.17) is 0 Å². The van der Waals surface area contributed by atoms with Gasteiger partial charge in [0.05, 0.1) is 0 Å². The van der Waals surface area contributed by atoms with Gasteiger partial charge in [-0.05, 0) is 51.6 Å². The molecule has 4 aliphatic rings. The van der Waals surface area contributed by atoms with Gasteiger partial charge in [-0.15, -0.1) is 0 Å². The van der Waals surface area contributed by atoms with Crippen molar-refractivity contribution in [1.82, 2.24) is 9.80 Å². The maximum Gasteiger partial charge on any atom is 0.0136 e. The van der Waals surface area contributed by atoms with Crippen LogP contribution in [0.5, 0.6) is 0 Å². The van der Waals surface area contributed by atoms with E-state index >= 15 is 0 Å². The average Bonchev–Trinajstić information content (AvgIpc) is 2.89. The van der Waals surface area contributed by atoms with Gasteiger partial charge in [0.25, 0.3) is 0 Å². The summed E-state index contributed by atoms with van der Waals surface area (Å²) < 4.78 is 0. The van der Waals surface area contributed by atoms with Gasteiger partial charge in [0.15, 0.2) is 0 Å². The third kappa shape index (κ3) is 6.46. The number of fused-ring (bicyclic) bond motifs is 7. The second-order valence-electron chi connectivity index (χ2n) is 7.21. The third-order valence-corrected chi connectivity index (χ3v) is 6.29. The summed E-state index contributed by atoms with van der Waals surface area (Å²) in [4.78, 5) is 5.83. The fraction of sp³-hybridized carbons (Fsp3) is 1.00. The largest absolute Gasteiger partial charge is 0.333 e. The van der Waals surface area contributed by atoms with Gasteiger partial charge < -0.3 is 11.5 Å². The molecule has 0 aromatic carbocycles. The average molecular weight is 390 g/mol. The van der Waals surface area contributed by atoms with Crippen LogP contribution in [-0.2, 0) is 0 Å². The Bertz CT molecular complexity index is 289. The van der Waals surface area contributed by atoms with Crippen LogP contribution in [0.15, 0.2) is 0 Å². The Kier molecular flexibility index (Phi) is 15.8. The molecule has 0 radical (unpaired) electrons. The van der Waals surface area contributed by atoms with Crippen molar-refractivity contribution in [1.29, 1.82) is 0 Å². The molecule has 24 heavy (non-hydrogen) atoms. The zero-order valence-corrected chi connectivity index (χ0v) is 17.0. The fourth-order valence-electron chi connectivity index (χ4n) is 5.41. The first kappa shape index (κ1) is 26.4. The Morgan fingerprint density at radius 1 is 0.583 bits per heavy atom. The van der Waals surface area contributed by atoms with E-state index in [2.05, 4.69) is 21.3 Å². The minimum atomic E-state index is 0. The summed E-state index contributed by atoms with van der Waals surface area (Å²) in [5.41, 5.74) is 9.00. The minimum Gasteiger partial charge on any atom is -0.333 e. The minimum absolute atomic E-state index is 0. The molecular weight excluding hydrogens is 352 g/mol. The van der Waals surface area contributed by atoms with Crippen molar-refractivity contribution >= 4 is 0 Å². The monoisotopic (exact) mass is 390 g/mol. The number of nitrogens with two attached hydrogens (primary N) is 2. The molecule has 146 valence electrons. The number of rotatable bonds is 0. The number of hydrogen-bond acceptors (Lipinski definition) is 4. The zero-order chi connectivity index (χ0) is 15.9. The predicted molar refractivity (Wildman–Crippen MR) is 94.9 cm³/mol. The molecule has 2 bridgehead atoms. The van der Waals surface area contributed by atoms with E-state index in [-0.39, 0.29) is 75.5 Å². The van der Waals surface area contributed by atoms with Crippen LogP contribution < -0.4 is 11.5 Å². The van der Waals surface area contributed by atoms with Crippen LogP contribution in [0.4, 0.5) is 0 Å². The van der Waals surface area contributed by atoms with E-state index in [1.165, 1.54) is 91.6 Å². The first-order chi connectivity index (χ1) is 10.9. The van der Waals surface area contributed by atoms with Gasteiger partial charge in [-0.2, -0.15) is 0 Å². The normalized spacial score (nSPS) is 39.5. The van der Waals surface area contributed by atoms with Gasteiger partial charge in [-0.3, -0.25) is 9.80 Å². The molecule has 6 atom stereocenters. The molecule has 0 aromatic heterocycles. The molecule has 6 heteroatoms. The molecule has 2 heterocycles. The van der Waals surface area contributed by atoms with Crippen molar-refractivity contribution in [2.45, 2.75) is 63.5 Å². The molecule has 2 saturated carbocycles. The van der Waals surface area contributed by atoms with Gasteiger partial charge >= 0.3 is 0 Å². The van der Waals surface area contributed by atoms with Crippen molar-refractivity contribution in [3.63, 3.8) is 0 Å². The molecule has 2 saturated heterocycles. The molecule has 4 fully saturated rings. The summed E-state index contributed by atoms with van der Waals surface area (Å²) >= 11 is 0. The molecule has 4 rings (SSSR count). The molecule has 4 N–H and O–H groups in total. The van der Waals surface area contributed by atoms with E-state index in [0.717, 1.165) is 23.9 Å². The maximum absolute atomic E-state index is 4.50. The van der Waals surface area contributed by atoms with Crippen molar-refractivity contribution in [3.8, 4) is 0 Å². The Balaban J connectivity index is 0.000000826. The smallest absolute Gasteiger partial charge is 0.0136 e. The first-order valence-corrected chi connectivity index (χ1v) is 9.55. The summed E-state index contributed by atoms with van der Waals surface area (Å²) in [6.07, 6.45) is 12.0. The van der Waals surface area contributed by atoms with Crippen LogP contribution in [0.1, 0.15) is 51.4 Å². The predicted octanol–water partition coefficient (Wildman–Crippen LogP) is 1.89. The Morgan fingerprint density at radius 3 is 1.29 bits per heavy atom. The molecule has 2 aliphatic heterocycles. The fourth-order valence-corrected chi connectivity index (χ4v) is 5.41. The van der Waals surface area contributed by atoms with Crippen LogP contribution in [0.2, 0.25) is 0 Å². The molecule has 0 amide bonds. The van der Waals surface area contributed by atoms with Crippen molar-refractivity contribution in [3.05, 3.63) is 0 Å². The van der Waals surface area contributed by atoms with Crippen LogP contribution >= 0.6 is 0 Å². The first-order valence-electron chi connectivity index (χ1n) is 9.55. The number of nitrogens with zero attached hydrogens (tertiary/aromatic N) is 2. The van der Waals surface area contributed by atoms with Crippen LogP contribution in [0.3, 0.4) is 0 Å². The topological polar surface area (TPSA) is 58.5 Å². The van der Waals surface area contributed by atoms with E-state index in [9.17, 15) is 0 Å². The summed E-state index contributed by atoms with van der Waals surface area (Å²) in [6.45, 7) is 5.60. The molecule has 4 nitrogen and oxygen atoms in total. The third-order valence-electron chi connectivity index (χ3n) is 6.29. The second-order valence-corrected chi connectivity index (χ2v) is 7.21. The quantitative estimate of drug-likeness (QED) is 0.663. The number of hydrogen-bond donors (Lipinski definition) is 2. The molecule has 6 unspecified atom stereocenters. The second kappa shape index (κ2) is 14.4. The SMILES string of the molecule is C1CCC2C(C1)CN1CCN2CC2CCCCC21.CN.CN.[Ar].[Ar].